The van der Waals surface area contributed by atoms with E-state index in [-0.39, 0.29) is 17.7 Å². The van der Waals surface area contributed by atoms with Crippen LogP contribution in [0.2, 0.25) is 0 Å². The minimum absolute atomic E-state index is 0.0241. The van der Waals surface area contributed by atoms with Crippen molar-refractivity contribution in [2.75, 3.05) is 4.90 Å². The summed E-state index contributed by atoms with van der Waals surface area (Å²) in [6.45, 7) is 0. The Balaban J connectivity index is 1.56. The lowest BCUT2D eigenvalue weighted by Crippen LogP contribution is -2.37. The van der Waals surface area contributed by atoms with Crippen LogP contribution >= 0.6 is 0 Å². The number of ether oxygens (including phenoxy) is 1. The molecule has 0 aromatic heterocycles. The number of amides is 1. The van der Waals surface area contributed by atoms with E-state index in [1.165, 1.54) is 0 Å². The Morgan fingerprint density at radius 1 is 1.16 bits per heavy atom. The SMILES string of the molecule is O=C1C2C3CC(C4OC34)C2[C@H](O)N1c1ccccc1. The highest BCUT2D eigenvalue weighted by atomic mass is 16.6. The number of aliphatic hydroxyl groups excluding tert-OH is 1. The normalized spacial score (nSPS) is 49.4. The number of aliphatic hydroxyl groups is 1. The number of para-hydroxylation sites is 1. The van der Waals surface area contributed by atoms with Crippen molar-refractivity contribution in [1.82, 2.24) is 0 Å². The first-order valence-corrected chi connectivity index (χ1v) is 6.99. The summed E-state index contributed by atoms with van der Waals surface area (Å²) in [5.41, 5.74) is 0.809. The lowest BCUT2D eigenvalue weighted by molar-refractivity contribution is -0.122. The van der Waals surface area contributed by atoms with E-state index in [1.807, 2.05) is 30.3 Å². The fourth-order valence-corrected chi connectivity index (χ4v) is 4.77. The zero-order valence-corrected chi connectivity index (χ0v) is 10.3. The second-order valence-electron chi connectivity index (χ2n) is 6.19. The third-order valence-corrected chi connectivity index (χ3v) is 5.49. The quantitative estimate of drug-likeness (QED) is 0.764. The molecule has 6 unspecified atom stereocenters. The Morgan fingerprint density at radius 3 is 2.68 bits per heavy atom. The lowest BCUT2D eigenvalue weighted by atomic mass is 9.81. The van der Waals surface area contributed by atoms with Crippen LogP contribution in [-0.4, -0.2) is 29.4 Å². The highest BCUT2D eigenvalue weighted by molar-refractivity contribution is 5.99. The summed E-state index contributed by atoms with van der Waals surface area (Å²) in [4.78, 5) is 14.3. The van der Waals surface area contributed by atoms with Crippen LogP contribution in [-0.2, 0) is 9.53 Å². The molecule has 0 radical (unpaired) electrons. The number of hydrogen-bond donors (Lipinski definition) is 1. The number of anilines is 1. The first-order chi connectivity index (χ1) is 9.27. The molecule has 4 nitrogen and oxygen atoms in total. The molecule has 4 heteroatoms. The topological polar surface area (TPSA) is 53.1 Å². The van der Waals surface area contributed by atoms with Crippen LogP contribution in [0.5, 0.6) is 0 Å². The number of rotatable bonds is 1. The van der Waals surface area contributed by atoms with E-state index in [1.54, 1.807) is 4.90 Å². The molecular formula is C15H15NO3. The van der Waals surface area contributed by atoms with Gasteiger partial charge in [0.05, 0.1) is 18.1 Å². The maximum Gasteiger partial charge on any atom is 0.233 e. The van der Waals surface area contributed by atoms with Crippen LogP contribution in [0.1, 0.15) is 6.42 Å². The van der Waals surface area contributed by atoms with Crippen molar-refractivity contribution in [2.45, 2.75) is 24.9 Å². The van der Waals surface area contributed by atoms with Gasteiger partial charge in [-0.3, -0.25) is 9.69 Å². The first kappa shape index (κ1) is 10.4. The van der Waals surface area contributed by atoms with Crippen molar-refractivity contribution in [1.29, 1.82) is 0 Å². The van der Waals surface area contributed by atoms with Gasteiger partial charge in [-0.1, -0.05) is 18.2 Å². The number of hydrogen-bond acceptors (Lipinski definition) is 3. The van der Waals surface area contributed by atoms with E-state index in [4.69, 9.17) is 4.74 Å². The zero-order chi connectivity index (χ0) is 12.7. The maximum absolute atomic E-state index is 12.7. The molecule has 98 valence electrons. The van der Waals surface area contributed by atoms with E-state index in [2.05, 4.69) is 0 Å². The van der Waals surface area contributed by atoms with E-state index < -0.39 is 6.23 Å². The predicted octanol–water partition coefficient (Wildman–Crippen LogP) is 1.00. The van der Waals surface area contributed by atoms with Gasteiger partial charge in [-0.15, -0.1) is 0 Å². The van der Waals surface area contributed by atoms with Crippen molar-refractivity contribution in [3.8, 4) is 0 Å². The van der Waals surface area contributed by atoms with Gasteiger partial charge in [0.15, 0.2) is 0 Å². The highest BCUT2D eigenvalue weighted by Gasteiger charge is 2.73. The second-order valence-corrected chi connectivity index (χ2v) is 6.19. The number of carbonyl (C=O) groups excluding carboxylic acids is 1. The van der Waals surface area contributed by atoms with Gasteiger partial charge in [0, 0.05) is 17.5 Å². The molecule has 2 bridgehead atoms. The number of carbonyl (C=O) groups is 1. The molecule has 2 aliphatic heterocycles. The summed E-state index contributed by atoms with van der Waals surface area (Å²) in [7, 11) is 0. The van der Waals surface area contributed by atoms with E-state index >= 15 is 0 Å². The van der Waals surface area contributed by atoms with Crippen LogP contribution in [0.4, 0.5) is 5.69 Å². The van der Waals surface area contributed by atoms with Crippen molar-refractivity contribution < 1.29 is 14.6 Å². The Labute approximate surface area is 111 Å². The van der Waals surface area contributed by atoms with Crippen LogP contribution in [0.3, 0.4) is 0 Å². The largest absolute Gasteiger partial charge is 0.373 e. The number of benzene rings is 1. The third-order valence-electron chi connectivity index (χ3n) is 5.49. The molecule has 1 N–H and O–H groups in total. The van der Waals surface area contributed by atoms with Gasteiger partial charge in [0.2, 0.25) is 5.91 Å². The van der Waals surface area contributed by atoms with Crippen LogP contribution in [0.25, 0.3) is 0 Å². The number of nitrogens with zero attached hydrogens (tertiary/aromatic N) is 1. The number of epoxide rings is 1. The van der Waals surface area contributed by atoms with E-state index in [0.717, 1.165) is 12.1 Å². The van der Waals surface area contributed by atoms with Crippen molar-refractivity contribution in [2.24, 2.45) is 23.7 Å². The Bertz CT molecular complexity index is 560. The summed E-state index contributed by atoms with van der Waals surface area (Å²) in [5.74, 6) is 0.860. The Morgan fingerprint density at radius 2 is 1.89 bits per heavy atom. The summed E-state index contributed by atoms with van der Waals surface area (Å²) in [6, 6.07) is 9.50. The molecule has 2 heterocycles. The molecular weight excluding hydrogens is 242 g/mol. The average molecular weight is 257 g/mol. The molecule has 1 aromatic carbocycles. The van der Waals surface area contributed by atoms with Gasteiger partial charge in [0.1, 0.15) is 6.23 Å². The Kier molecular flexibility index (Phi) is 1.75. The fraction of sp³-hybridized carbons (Fsp3) is 0.533. The molecule has 5 rings (SSSR count). The van der Waals surface area contributed by atoms with Gasteiger partial charge in [-0.2, -0.15) is 0 Å². The molecule has 2 aliphatic carbocycles. The third kappa shape index (κ3) is 1.11. The fourth-order valence-electron chi connectivity index (χ4n) is 4.77. The maximum atomic E-state index is 12.7. The summed E-state index contributed by atoms with van der Waals surface area (Å²) >= 11 is 0. The van der Waals surface area contributed by atoms with Gasteiger partial charge < -0.3 is 9.84 Å². The minimum Gasteiger partial charge on any atom is -0.373 e. The van der Waals surface area contributed by atoms with Crippen LogP contribution in [0, 0.1) is 23.7 Å². The molecule has 2 saturated heterocycles. The van der Waals surface area contributed by atoms with Crippen molar-refractivity contribution in [3.63, 3.8) is 0 Å². The zero-order valence-electron chi connectivity index (χ0n) is 10.3. The molecule has 1 aromatic rings. The first-order valence-electron chi connectivity index (χ1n) is 6.99. The van der Waals surface area contributed by atoms with E-state index in [9.17, 15) is 9.90 Å². The molecule has 4 aliphatic rings. The molecule has 19 heavy (non-hydrogen) atoms. The highest BCUT2D eigenvalue weighted by Crippen LogP contribution is 2.65. The van der Waals surface area contributed by atoms with Crippen LogP contribution < -0.4 is 4.90 Å². The van der Waals surface area contributed by atoms with Gasteiger partial charge in [-0.05, 0) is 24.5 Å². The predicted molar refractivity (Wildman–Crippen MR) is 67.2 cm³/mol. The summed E-state index contributed by atoms with van der Waals surface area (Å²) in [6.07, 6.45) is 1.01. The summed E-state index contributed by atoms with van der Waals surface area (Å²) < 4.78 is 5.63. The molecule has 7 atom stereocenters. The van der Waals surface area contributed by atoms with Gasteiger partial charge >= 0.3 is 0 Å². The number of fused-ring (bicyclic) bond motifs is 8. The van der Waals surface area contributed by atoms with Gasteiger partial charge in [-0.25, -0.2) is 0 Å². The average Bonchev–Trinajstić information content (AvgIpc) is 2.94. The lowest BCUT2D eigenvalue weighted by Gasteiger charge is -2.25. The van der Waals surface area contributed by atoms with Crippen molar-refractivity contribution in [3.05, 3.63) is 30.3 Å². The van der Waals surface area contributed by atoms with Crippen molar-refractivity contribution >= 4 is 11.6 Å². The summed E-state index contributed by atoms with van der Waals surface area (Å²) in [5, 5.41) is 10.6. The molecule has 4 fully saturated rings. The molecule has 0 spiro atoms. The molecule has 1 amide bonds. The molecule has 2 saturated carbocycles. The Hall–Kier alpha value is -1.39. The second kappa shape index (κ2) is 3.19. The van der Waals surface area contributed by atoms with Gasteiger partial charge in [0.25, 0.3) is 0 Å². The monoisotopic (exact) mass is 257 g/mol. The van der Waals surface area contributed by atoms with E-state index in [0.29, 0.717) is 24.0 Å². The standard InChI is InChI=1S/C15H15NO3/c17-14-10-8-6-9(13-12(8)19-13)11(10)15(18)16(14)7-4-2-1-3-5-7/h1-5,8-14,17H,6H2/t8?,9?,10?,11?,12?,13?,14-/m0/s1. The minimum atomic E-state index is -0.681. The smallest absolute Gasteiger partial charge is 0.233 e. The van der Waals surface area contributed by atoms with Crippen LogP contribution in [0.15, 0.2) is 30.3 Å².